The largest absolute Gasteiger partial charge is 0.353 e. The zero-order valence-corrected chi connectivity index (χ0v) is 14.0. The SMILES string of the molecule is CCCC(=O)NC1CCN(S(=O)(=O)c2ccc(C)cc2)CC1. The third-order valence-corrected chi connectivity index (χ3v) is 5.87. The maximum atomic E-state index is 12.6. The first-order valence-corrected chi connectivity index (χ1v) is 9.23. The van der Waals surface area contributed by atoms with E-state index >= 15 is 0 Å². The monoisotopic (exact) mass is 324 g/mol. The summed E-state index contributed by atoms with van der Waals surface area (Å²) < 4.78 is 26.7. The second-order valence-electron chi connectivity index (χ2n) is 5.81. The number of nitrogens with one attached hydrogen (secondary N) is 1. The number of hydrogen-bond donors (Lipinski definition) is 1. The van der Waals surface area contributed by atoms with Crippen molar-refractivity contribution in [1.82, 2.24) is 9.62 Å². The summed E-state index contributed by atoms with van der Waals surface area (Å²) in [6.45, 7) is 4.80. The van der Waals surface area contributed by atoms with E-state index in [0.29, 0.717) is 37.2 Å². The number of piperidine rings is 1. The molecule has 2 rings (SSSR count). The van der Waals surface area contributed by atoms with Crippen LogP contribution in [0.1, 0.15) is 38.2 Å². The summed E-state index contributed by atoms with van der Waals surface area (Å²) in [6, 6.07) is 7.01. The third kappa shape index (κ3) is 4.08. The van der Waals surface area contributed by atoms with Gasteiger partial charge in [0.1, 0.15) is 0 Å². The Morgan fingerprint density at radius 2 is 1.82 bits per heavy atom. The van der Waals surface area contributed by atoms with Crippen LogP contribution < -0.4 is 5.32 Å². The van der Waals surface area contributed by atoms with Crippen molar-refractivity contribution in [2.45, 2.75) is 50.5 Å². The van der Waals surface area contributed by atoms with Gasteiger partial charge in [-0.1, -0.05) is 24.6 Å². The molecule has 6 heteroatoms. The van der Waals surface area contributed by atoms with E-state index in [9.17, 15) is 13.2 Å². The Morgan fingerprint density at radius 1 is 1.23 bits per heavy atom. The number of aryl methyl sites for hydroxylation is 1. The van der Waals surface area contributed by atoms with Crippen molar-refractivity contribution in [3.63, 3.8) is 0 Å². The number of rotatable bonds is 5. The fourth-order valence-corrected chi connectivity index (χ4v) is 4.10. The van der Waals surface area contributed by atoms with Crippen LogP contribution in [0, 0.1) is 6.92 Å². The average molecular weight is 324 g/mol. The van der Waals surface area contributed by atoms with Gasteiger partial charge in [-0.3, -0.25) is 4.79 Å². The maximum absolute atomic E-state index is 12.6. The molecule has 0 unspecified atom stereocenters. The van der Waals surface area contributed by atoms with Crippen molar-refractivity contribution in [2.24, 2.45) is 0 Å². The van der Waals surface area contributed by atoms with Crippen molar-refractivity contribution in [2.75, 3.05) is 13.1 Å². The lowest BCUT2D eigenvalue weighted by Gasteiger charge is -2.31. The second kappa shape index (κ2) is 7.24. The predicted octanol–water partition coefficient (Wildman–Crippen LogP) is 2.06. The molecule has 1 aromatic carbocycles. The van der Waals surface area contributed by atoms with E-state index in [0.717, 1.165) is 12.0 Å². The number of sulfonamides is 1. The first kappa shape index (κ1) is 17.0. The number of carbonyl (C=O) groups is 1. The minimum Gasteiger partial charge on any atom is -0.353 e. The molecule has 1 aliphatic rings. The van der Waals surface area contributed by atoms with E-state index in [4.69, 9.17) is 0 Å². The average Bonchev–Trinajstić information content (AvgIpc) is 2.48. The topological polar surface area (TPSA) is 66.5 Å². The highest BCUT2D eigenvalue weighted by atomic mass is 32.2. The Morgan fingerprint density at radius 3 is 2.36 bits per heavy atom. The van der Waals surface area contributed by atoms with Crippen molar-refractivity contribution in [3.8, 4) is 0 Å². The van der Waals surface area contributed by atoms with Gasteiger partial charge in [-0.05, 0) is 38.3 Å². The van der Waals surface area contributed by atoms with Gasteiger partial charge in [0.2, 0.25) is 15.9 Å². The second-order valence-corrected chi connectivity index (χ2v) is 7.75. The molecule has 0 spiro atoms. The third-order valence-electron chi connectivity index (χ3n) is 3.95. The Labute approximate surface area is 132 Å². The van der Waals surface area contributed by atoms with Crippen molar-refractivity contribution in [3.05, 3.63) is 29.8 Å². The van der Waals surface area contributed by atoms with Crippen LogP contribution in [0.3, 0.4) is 0 Å². The molecule has 0 radical (unpaired) electrons. The summed E-state index contributed by atoms with van der Waals surface area (Å²) in [5.41, 5.74) is 1.04. The Hall–Kier alpha value is -1.40. The molecule has 0 aliphatic carbocycles. The molecule has 0 bridgehead atoms. The van der Waals surface area contributed by atoms with E-state index in [1.807, 2.05) is 26.0 Å². The molecule has 1 fully saturated rings. The molecule has 0 atom stereocenters. The fourth-order valence-electron chi connectivity index (χ4n) is 2.63. The first-order valence-electron chi connectivity index (χ1n) is 7.79. The molecule has 122 valence electrons. The standard InChI is InChI=1S/C16H24N2O3S/c1-3-4-16(19)17-14-9-11-18(12-10-14)22(20,21)15-7-5-13(2)6-8-15/h5-8,14H,3-4,9-12H2,1-2H3,(H,17,19). The van der Waals surface area contributed by atoms with Crippen LogP contribution in [0.4, 0.5) is 0 Å². The van der Waals surface area contributed by atoms with Crippen LogP contribution in [0.25, 0.3) is 0 Å². The van der Waals surface area contributed by atoms with Crippen LogP contribution in [-0.2, 0) is 14.8 Å². The lowest BCUT2D eigenvalue weighted by molar-refractivity contribution is -0.122. The molecule has 1 saturated heterocycles. The lowest BCUT2D eigenvalue weighted by Crippen LogP contribution is -2.46. The van der Waals surface area contributed by atoms with Gasteiger partial charge in [0.15, 0.2) is 0 Å². The number of benzene rings is 1. The summed E-state index contributed by atoms with van der Waals surface area (Å²) in [4.78, 5) is 11.9. The van der Waals surface area contributed by atoms with Gasteiger partial charge in [0, 0.05) is 25.6 Å². The van der Waals surface area contributed by atoms with Crippen LogP contribution in [0.15, 0.2) is 29.2 Å². The van der Waals surface area contributed by atoms with E-state index in [1.165, 1.54) is 4.31 Å². The minimum atomic E-state index is -3.42. The van der Waals surface area contributed by atoms with Gasteiger partial charge in [-0.2, -0.15) is 4.31 Å². The number of hydrogen-bond acceptors (Lipinski definition) is 3. The van der Waals surface area contributed by atoms with Gasteiger partial charge >= 0.3 is 0 Å². The van der Waals surface area contributed by atoms with Crippen molar-refractivity contribution < 1.29 is 13.2 Å². The molecule has 1 amide bonds. The molecule has 22 heavy (non-hydrogen) atoms. The summed E-state index contributed by atoms with van der Waals surface area (Å²) in [6.07, 6.45) is 2.69. The lowest BCUT2D eigenvalue weighted by atomic mass is 10.1. The molecule has 5 nitrogen and oxygen atoms in total. The molecule has 0 saturated carbocycles. The van der Waals surface area contributed by atoms with Gasteiger partial charge in [-0.25, -0.2) is 8.42 Å². The van der Waals surface area contributed by atoms with E-state index in [1.54, 1.807) is 12.1 Å². The number of carbonyl (C=O) groups excluding carboxylic acids is 1. The summed E-state index contributed by atoms with van der Waals surface area (Å²) in [5.74, 6) is 0.0577. The summed E-state index contributed by atoms with van der Waals surface area (Å²) >= 11 is 0. The van der Waals surface area contributed by atoms with Crippen LogP contribution in [0.2, 0.25) is 0 Å². The van der Waals surface area contributed by atoms with Crippen molar-refractivity contribution in [1.29, 1.82) is 0 Å². The zero-order chi connectivity index (χ0) is 16.2. The maximum Gasteiger partial charge on any atom is 0.243 e. The van der Waals surface area contributed by atoms with Gasteiger partial charge in [0.25, 0.3) is 0 Å². The Balaban J connectivity index is 1.96. The predicted molar refractivity (Wildman–Crippen MR) is 86.0 cm³/mol. The molecule has 1 aromatic rings. The molecular weight excluding hydrogens is 300 g/mol. The molecule has 0 aromatic heterocycles. The highest BCUT2D eigenvalue weighted by Gasteiger charge is 2.29. The van der Waals surface area contributed by atoms with Crippen LogP contribution >= 0.6 is 0 Å². The molecule has 1 heterocycles. The first-order chi connectivity index (χ1) is 10.4. The highest BCUT2D eigenvalue weighted by molar-refractivity contribution is 7.89. The van der Waals surface area contributed by atoms with Gasteiger partial charge < -0.3 is 5.32 Å². The Kier molecular flexibility index (Phi) is 5.58. The minimum absolute atomic E-state index is 0.0577. The smallest absolute Gasteiger partial charge is 0.243 e. The van der Waals surface area contributed by atoms with E-state index < -0.39 is 10.0 Å². The number of amides is 1. The Bertz CT molecular complexity index is 603. The summed E-state index contributed by atoms with van der Waals surface area (Å²) in [5, 5.41) is 2.98. The molecule has 1 N–H and O–H groups in total. The number of nitrogens with zero attached hydrogens (tertiary/aromatic N) is 1. The van der Waals surface area contributed by atoms with Gasteiger partial charge in [-0.15, -0.1) is 0 Å². The zero-order valence-electron chi connectivity index (χ0n) is 13.2. The van der Waals surface area contributed by atoms with Crippen molar-refractivity contribution >= 4 is 15.9 Å². The normalized spacial score (nSPS) is 17.4. The van der Waals surface area contributed by atoms with Crippen LogP contribution in [0.5, 0.6) is 0 Å². The fraction of sp³-hybridized carbons (Fsp3) is 0.562. The quantitative estimate of drug-likeness (QED) is 0.901. The molecular formula is C16H24N2O3S. The highest BCUT2D eigenvalue weighted by Crippen LogP contribution is 2.21. The van der Waals surface area contributed by atoms with E-state index in [2.05, 4.69) is 5.32 Å². The van der Waals surface area contributed by atoms with Crippen LogP contribution in [-0.4, -0.2) is 37.8 Å². The molecule has 1 aliphatic heterocycles. The summed E-state index contributed by atoms with van der Waals surface area (Å²) in [7, 11) is -3.42. The van der Waals surface area contributed by atoms with E-state index in [-0.39, 0.29) is 11.9 Å². The van der Waals surface area contributed by atoms with Gasteiger partial charge in [0.05, 0.1) is 4.90 Å².